The molecule has 0 bridgehead atoms. The molecule has 3 heterocycles. The first-order chi connectivity index (χ1) is 12.0. The number of hydrogen-bond acceptors (Lipinski definition) is 5. The molecule has 0 spiro atoms. The smallest absolute Gasteiger partial charge is 0.231 e. The van der Waals surface area contributed by atoms with E-state index in [0.717, 1.165) is 22.6 Å². The van der Waals surface area contributed by atoms with E-state index in [4.69, 9.17) is 14.2 Å². The maximum Gasteiger partial charge on any atom is 0.231 e. The SMILES string of the molecule is COc1cc(C2CC(=O)Nc3c2c(C)nn3C(C)C)cc2c1OCO2. The lowest BCUT2D eigenvalue weighted by molar-refractivity contribution is -0.116. The van der Waals surface area contributed by atoms with Crippen LogP contribution in [0, 0.1) is 6.92 Å². The molecule has 2 aliphatic heterocycles. The first kappa shape index (κ1) is 15.8. The van der Waals surface area contributed by atoms with E-state index in [9.17, 15) is 4.79 Å². The average Bonchev–Trinajstić information content (AvgIpc) is 3.17. The molecule has 0 saturated heterocycles. The molecule has 0 aliphatic carbocycles. The number of ether oxygens (including phenoxy) is 3. The van der Waals surface area contributed by atoms with Crippen LogP contribution in [0.3, 0.4) is 0 Å². The molecule has 25 heavy (non-hydrogen) atoms. The fourth-order valence-electron chi connectivity index (χ4n) is 3.58. The third-order valence-electron chi connectivity index (χ3n) is 4.70. The molecular weight excluding hydrogens is 322 g/mol. The summed E-state index contributed by atoms with van der Waals surface area (Å²) in [7, 11) is 1.60. The zero-order valence-electron chi connectivity index (χ0n) is 14.8. The summed E-state index contributed by atoms with van der Waals surface area (Å²) >= 11 is 0. The van der Waals surface area contributed by atoms with Crippen LogP contribution in [0.25, 0.3) is 0 Å². The van der Waals surface area contributed by atoms with Crippen molar-refractivity contribution in [1.82, 2.24) is 9.78 Å². The molecule has 1 N–H and O–H groups in total. The number of fused-ring (bicyclic) bond motifs is 2. The Bertz CT molecular complexity index is 856. The highest BCUT2D eigenvalue weighted by Gasteiger charge is 2.34. The number of amides is 1. The lowest BCUT2D eigenvalue weighted by Crippen LogP contribution is -2.25. The molecule has 132 valence electrons. The number of methoxy groups -OCH3 is 1. The Labute approximate surface area is 145 Å². The third kappa shape index (κ3) is 2.42. The van der Waals surface area contributed by atoms with E-state index in [1.807, 2.05) is 37.6 Å². The van der Waals surface area contributed by atoms with E-state index < -0.39 is 0 Å². The van der Waals surface area contributed by atoms with Crippen LogP contribution in [-0.2, 0) is 4.79 Å². The van der Waals surface area contributed by atoms with Crippen molar-refractivity contribution in [2.24, 2.45) is 0 Å². The van der Waals surface area contributed by atoms with E-state index >= 15 is 0 Å². The van der Waals surface area contributed by atoms with E-state index in [-0.39, 0.29) is 24.7 Å². The number of anilines is 1. The van der Waals surface area contributed by atoms with Crippen molar-refractivity contribution in [1.29, 1.82) is 0 Å². The summed E-state index contributed by atoms with van der Waals surface area (Å²) in [6.45, 7) is 6.25. The topological polar surface area (TPSA) is 74.6 Å². The molecule has 4 rings (SSSR count). The maximum atomic E-state index is 12.3. The van der Waals surface area contributed by atoms with Crippen molar-refractivity contribution in [2.75, 3.05) is 19.2 Å². The lowest BCUT2D eigenvalue weighted by Gasteiger charge is -2.25. The molecule has 1 aromatic carbocycles. The number of aryl methyl sites for hydroxylation is 1. The monoisotopic (exact) mass is 343 g/mol. The van der Waals surface area contributed by atoms with Gasteiger partial charge in [-0.25, -0.2) is 4.68 Å². The Morgan fingerprint density at radius 1 is 1.36 bits per heavy atom. The minimum absolute atomic E-state index is 0.0177. The molecule has 2 aliphatic rings. The van der Waals surface area contributed by atoms with Gasteiger partial charge in [-0.15, -0.1) is 0 Å². The Hall–Kier alpha value is -2.70. The molecule has 1 atom stereocenters. The van der Waals surface area contributed by atoms with Crippen LogP contribution in [0.2, 0.25) is 0 Å². The summed E-state index contributed by atoms with van der Waals surface area (Å²) < 4.78 is 18.3. The van der Waals surface area contributed by atoms with Gasteiger partial charge in [-0.05, 0) is 38.5 Å². The molecule has 0 radical (unpaired) electrons. The zero-order valence-corrected chi connectivity index (χ0v) is 14.8. The summed E-state index contributed by atoms with van der Waals surface area (Å²) in [6, 6.07) is 4.02. The van der Waals surface area contributed by atoms with Crippen molar-refractivity contribution in [3.05, 3.63) is 29.0 Å². The van der Waals surface area contributed by atoms with Gasteiger partial charge in [0.25, 0.3) is 0 Å². The molecule has 7 nitrogen and oxygen atoms in total. The van der Waals surface area contributed by atoms with Crippen LogP contribution >= 0.6 is 0 Å². The van der Waals surface area contributed by atoms with E-state index in [1.165, 1.54) is 0 Å². The molecule has 1 amide bonds. The van der Waals surface area contributed by atoms with E-state index in [1.54, 1.807) is 7.11 Å². The number of nitrogens with zero attached hydrogens (tertiary/aromatic N) is 2. The van der Waals surface area contributed by atoms with Gasteiger partial charge in [0, 0.05) is 23.9 Å². The van der Waals surface area contributed by atoms with Crippen molar-refractivity contribution in [3.63, 3.8) is 0 Å². The molecule has 1 aromatic heterocycles. The Balaban J connectivity index is 1.87. The Morgan fingerprint density at radius 2 is 2.16 bits per heavy atom. The highest BCUT2D eigenvalue weighted by molar-refractivity contribution is 5.94. The van der Waals surface area contributed by atoms with Crippen LogP contribution in [0.5, 0.6) is 17.2 Å². The van der Waals surface area contributed by atoms with Gasteiger partial charge >= 0.3 is 0 Å². The first-order valence-electron chi connectivity index (χ1n) is 8.36. The van der Waals surface area contributed by atoms with Gasteiger partial charge in [0.15, 0.2) is 11.5 Å². The first-order valence-corrected chi connectivity index (χ1v) is 8.36. The minimum atomic E-state index is -0.0975. The van der Waals surface area contributed by atoms with E-state index in [0.29, 0.717) is 23.7 Å². The van der Waals surface area contributed by atoms with Gasteiger partial charge < -0.3 is 19.5 Å². The van der Waals surface area contributed by atoms with Crippen LogP contribution in [0.4, 0.5) is 5.82 Å². The molecule has 0 saturated carbocycles. The number of carbonyl (C=O) groups is 1. The Kier molecular flexibility index (Phi) is 3.59. The van der Waals surface area contributed by atoms with Crippen molar-refractivity contribution in [3.8, 4) is 17.2 Å². The Morgan fingerprint density at radius 3 is 2.88 bits per heavy atom. The minimum Gasteiger partial charge on any atom is -0.493 e. The highest BCUT2D eigenvalue weighted by Crippen LogP contribution is 2.47. The van der Waals surface area contributed by atoms with Crippen molar-refractivity contribution < 1.29 is 19.0 Å². The average molecular weight is 343 g/mol. The quantitative estimate of drug-likeness (QED) is 0.927. The largest absolute Gasteiger partial charge is 0.493 e. The number of carbonyl (C=O) groups excluding carboxylic acids is 1. The van der Waals surface area contributed by atoms with Crippen LogP contribution in [-0.4, -0.2) is 29.6 Å². The standard InChI is InChI=1S/C18H21N3O4/c1-9(2)21-18-16(10(3)20-21)12(7-15(22)19-18)11-5-13(23-4)17-14(6-11)24-8-25-17/h5-6,9,12H,7-8H2,1-4H3,(H,19,22). The summed E-state index contributed by atoms with van der Waals surface area (Å²) in [5.41, 5.74) is 2.93. The molecule has 7 heteroatoms. The van der Waals surface area contributed by atoms with Gasteiger partial charge in [0.05, 0.1) is 12.8 Å². The highest BCUT2D eigenvalue weighted by atomic mass is 16.7. The fraction of sp³-hybridized carbons (Fsp3) is 0.444. The number of nitrogens with one attached hydrogen (secondary N) is 1. The predicted octanol–water partition coefficient (Wildman–Crippen LogP) is 2.98. The summed E-state index contributed by atoms with van der Waals surface area (Å²) in [6.07, 6.45) is 0.362. The van der Waals surface area contributed by atoms with Crippen molar-refractivity contribution >= 4 is 11.7 Å². The van der Waals surface area contributed by atoms with Gasteiger partial charge in [-0.2, -0.15) is 5.10 Å². The fourth-order valence-corrected chi connectivity index (χ4v) is 3.58. The number of rotatable bonds is 3. The van der Waals surface area contributed by atoms with E-state index in [2.05, 4.69) is 10.4 Å². The van der Waals surface area contributed by atoms with Gasteiger partial charge in [-0.1, -0.05) is 0 Å². The molecule has 1 unspecified atom stereocenters. The van der Waals surface area contributed by atoms with Gasteiger partial charge in [0.2, 0.25) is 18.4 Å². The molecule has 2 aromatic rings. The third-order valence-corrected chi connectivity index (χ3v) is 4.70. The van der Waals surface area contributed by atoms with Crippen molar-refractivity contribution in [2.45, 2.75) is 39.2 Å². The van der Waals surface area contributed by atoms with Gasteiger partial charge in [-0.3, -0.25) is 4.79 Å². The lowest BCUT2D eigenvalue weighted by atomic mass is 9.85. The summed E-state index contributed by atoms with van der Waals surface area (Å²) in [4.78, 5) is 12.3. The number of hydrogen-bond donors (Lipinski definition) is 1. The number of benzene rings is 1. The second-order valence-corrected chi connectivity index (χ2v) is 6.65. The predicted molar refractivity (Wildman–Crippen MR) is 91.6 cm³/mol. The second-order valence-electron chi connectivity index (χ2n) is 6.65. The van der Waals surface area contributed by atoms with Crippen LogP contribution in [0.1, 0.15) is 49.0 Å². The molecular formula is C18H21N3O4. The zero-order chi connectivity index (χ0) is 17.7. The van der Waals surface area contributed by atoms with Crippen LogP contribution in [0.15, 0.2) is 12.1 Å². The van der Waals surface area contributed by atoms with Gasteiger partial charge in [0.1, 0.15) is 5.82 Å². The van der Waals surface area contributed by atoms with Crippen LogP contribution < -0.4 is 19.5 Å². The number of aromatic nitrogens is 2. The summed E-state index contributed by atoms with van der Waals surface area (Å²) in [5, 5.41) is 7.62. The molecule has 0 fully saturated rings. The maximum absolute atomic E-state index is 12.3. The summed E-state index contributed by atoms with van der Waals surface area (Å²) in [5.74, 6) is 2.55. The normalized spacial score (nSPS) is 18.3. The second kappa shape index (κ2) is 5.68.